The van der Waals surface area contributed by atoms with Gasteiger partial charge >= 0.3 is 12.7 Å². The first kappa shape index (κ1) is 19.2. The van der Waals surface area contributed by atoms with Gasteiger partial charge in [0.1, 0.15) is 4.47 Å². The lowest BCUT2D eigenvalue weighted by Gasteiger charge is -2.19. The molecule has 0 amide bonds. The van der Waals surface area contributed by atoms with Gasteiger partial charge in [-0.25, -0.2) is 10.2 Å². The van der Waals surface area contributed by atoms with E-state index in [1.807, 2.05) is 6.92 Å². The Labute approximate surface area is 143 Å². The van der Waals surface area contributed by atoms with Gasteiger partial charge in [0.15, 0.2) is 0 Å². The summed E-state index contributed by atoms with van der Waals surface area (Å²) in [6.45, 7) is 3.05. The summed E-state index contributed by atoms with van der Waals surface area (Å²) < 4.78 is 18.4. The molecule has 0 aliphatic carbocycles. The van der Waals surface area contributed by atoms with Gasteiger partial charge in [0.05, 0.1) is 11.5 Å². The topological polar surface area (TPSA) is 93.5 Å². The number of thiophene rings is 1. The van der Waals surface area contributed by atoms with Gasteiger partial charge < -0.3 is 4.52 Å². The first-order valence-electron chi connectivity index (χ1n) is 6.15. The molecule has 0 aliphatic heterocycles. The molecule has 7 nitrogen and oxygen atoms in total. The second kappa shape index (κ2) is 9.34. The molecule has 1 atom stereocenters. The molecule has 1 rings (SSSR count). The third-order valence-electron chi connectivity index (χ3n) is 2.26. The highest BCUT2D eigenvalue weighted by Gasteiger charge is 2.23. The predicted molar refractivity (Wildman–Crippen MR) is 91.2 cm³/mol. The third-order valence-corrected chi connectivity index (χ3v) is 6.35. The fourth-order valence-corrected chi connectivity index (χ4v) is 5.07. The van der Waals surface area contributed by atoms with Gasteiger partial charge in [-0.05, 0) is 28.4 Å². The minimum absolute atomic E-state index is 0.0124. The molecule has 21 heavy (non-hydrogen) atoms. The van der Waals surface area contributed by atoms with Gasteiger partial charge in [-0.2, -0.15) is 0 Å². The van der Waals surface area contributed by atoms with E-state index in [4.69, 9.17) is 4.52 Å². The Morgan fingerprint density at radius 2 is 2.14 bits per heavy atom. The van der Waals surface area contributed by atoms with Crippen LogP contribution in [0.25, 0.3) is 0 Å². The van der Waals surface area contributed by atoms with E-state index in [2.05, 4.69) is 42.0 Å². The first-order valence-corrected chi connectivity index (χ1v) is 10.5. The van der Waals surface area contributed by atoms with E-state index in [1.54, 1.807) is 6.07 Å². The fraction of sp³-hybridized carbons (Fsp3) is 0.600. The molecule has 0 fully saturated rings. The van der Waals surface area contributed by atoms with Gasteiger partial charge in [-0.3, -0.25) is 14.7 Å². The lowest BCUT2D eigenvalue weighted by Crippen LogP contribution is -2.26. The van der Waals surface area contributed by atoms with Crippen molar-refractivity contribution in [3.8, 4) is 0 Å². The van der Waals surface area contributed by atoms with E-state index >= 15 is 0 Å². The van der Waals surface area contributed by atoms with Crippen LogP contribution in [0.4, 0.5) is 5.00 Å². The molecule has 120 valence electrons. The number of nitrogens with zero attached hydrogens (tertiary/aromatic N) is 1. The Bertz CT molecular complexity index is 516. The molecular formula is C10H16Br2N3O4PS. The zero-order chi connectivity index (χ0) is 15.9. The molecular weight excluding hydrogens is 449 g/mol. The average molecular weight is 465 g/mol. The van der Waals surface area contributed by atoms with Crippen molar-refractivity contribution in [1.82, 2.24) is 10.2 Å². The summed E-state index contributed by atoms with van der Waals surface area (Å²) in [5, 5.41) is 17.1. The fourth-order valence-electron chi connectivity index (χ4n) is 1.35. The summed E-state index contributed by atoms with van der Waals surface area (Å²) in [6.07, 6.45) is 0.819. The Hall–Kier alpha value is 0.170. The average Bonchev–Trinajstić information content (AvgIpc) is 2.82. The maximum atomic E-state index is 12.5. The van der Waals surface area contributed by atoms with Gasteiger partial charge in [0.25, 0.3) is 0 Å². The molecule has 0 saturated heterocycles. The van der Waals surface area contributed by atoms with Crippen molar-refractivity contribution in [3.05, 3.63) is 25.5 Å². The Kier molecular flexibility index (Phi) is 8.55. The van der Waals surface area contributed by atoms with Crippen LogP contribution in [-0.2, 0) is 15.7 Å². The summed E-state index contributed by atoms with van der Waals surface area (Å²) >= 11 is 7.38. The van der Waals surface area contributed by atoms with Gasteiger partial charge in [-0.1, -0.05) is 34.2 Å². The number of rotatable bonds is 10. The van der Waals surface area contributed by atoms with Gasteiger partial charge in [0, 0.05) is 23.3 Å². The van der Waals surface area contributed by atoms with Crippen LogP contribution in [-0.4, -0.2) is 23.3 Å². The zero-order valence-corrected chi connectivity index (χ0v) is 16.2. The molecule has 11 heteroatoms. The minimum Gasteiger partial charge on any atom is -0.300 e. The molecule has 1 unspecified atom stereocenters. The van der Waals surface area contributed by atoms with Crippen molar-refractivity contribution in [1.29, 1.82) is 0 Å². The summed E-state index contributed by atoms with van der Waals surface area (Å²) in [4.78, 5) is 10.9. The molecule has 2 N–H and O–H groups in total. The maximum Gasteiger partial charge on any atom is 0.341 e. The molecule has 1 aromatic heterocycles. The van der Waals surface area contributed by atoms with Crippen LogP contribution in [0.2, 0.25) is 0 Å². The predicted octanol–water partition coefficient (Wildman–Crippen LogP) is 4.03. The Morgan fingerprint density at radius 3 is 2.67 bits per heavy atom. The Morgan fingerprint density at radius 1 is 1.48 bits per heavy atom. The lowest BCUT2D eigenvalue weighted by atomic mass is 10.5. The molecule has 1 heterocycles. The van der Waals surface area contributed by atoms with Gasteiger partial charge in [0.2, 0.25) is 0 Å². The second-order valence-corrected chi connectivity index (χ2v) is 8.71. The molecule has 0 radical (unpaired) electrons. The standard InChI is InChI=1S/C10H16Br2N3O4PS/c1-2-4-13-20(18,14-5-3-11)19-7-8-6-9(12)10(21-8)15(16)17/h6H,2-5,7H2,1H3,(H2,13,14,18). The molecule has 0 aliphatic rings. The zero-order valence-electron chi connectivity index (χ0n) is 11.3. The summed E-state index contributed by atoms with van der Waals surface area (Å²) in [7, 11) is -3.16. The highest BCUT2D eigenvalue weighted by atomic mass is 79.9. The van der Waals surface area contributed by atoms with Crippen molar-refractivity contribution in [2.24, 2.45) is 0 Å². The number of alkyl halides is 1. The van der Waals surface area contributed by atoms with E-state index in [0.717, 1.165) is 17.8 Å². The number of hydrogen-bond acceptors (Lipinski definition) is 5. The highest BCUT2D eigenvalue weighted by molar-refractivity contribution is 9.10. The molecule has 0 bridgehead atoms. The van der Waals surface area contributed by atoms with E-state index in [1.165, 1.54) is 0 Å². The van der Waals surface area contributed by atoms with Crippen LogP contribution in [0.5, 0.6) is 0 Å². The van der Waals surface area contributed by atoms with Gasteiger partial charge in [-0.15, -0.1) is 0 Å². The largest absolute Gasteiger partial charge is 0.341 e. The maximum absolute atomic E-state index is 12.5. The van der Waals surface area contributed by atoms with Crippen molar-refractivity contribution in [3.63, 3.8) is 0 Å². The number of hydrogen-bond donors (Lipinski definition) is 2. The monoisotopic (exact) mass is 463 g/mol. The van der Waals surface area contributed by atoms with Crippen molar-refractivity contribution in [2.75, 3.05) is 18.4 Å². The van der Waals surface area contributed by atoms with E-state index in [0.29, 0.717) is 27.8 Å². The van der Waals surface area contributed by atoms with E-state index in [-0.39, 0.29) is 11.6 Å². The van der Waals surface area contributed by atoms with Crippen LogP contribution >= 0.6 is 50.9 Å². The molecule has 0 spiro atoms. The van der Waals surface area contributed by atoms with Crippen molar-refractivity contribution in [2.45, 2.75) is 20.0 Å². The third kappa shape index (κ3) is 6.43. The molecule has 1 aromatic rings. The normalized spacial score (nSPS) is 14.0. The minimum atomic E-state index is -3.16. The van der Waals surface area contributed by atoms with Crippen LogP contribution in [0.3, 0.4) is 0 Å². The Balaban J connectivity index is 2.69. The first-order chi connectivity index (χ1) is 9.91. The van der Waals surface area contributed by atoms with Crippen molar-refractivity contribution < 1.29 is 14.0 Å². The van der Waals surface area contributed by atoms with Crippen LogP contribution in [0.1, 0.15) is 18.2 Å². The number of halogens is 2. The lowest BCUT2D eigenvalue weighted by molar-refractivity contribution is -0.380. The van der Waals surface area contributed by atoms with Crippen LogP contribution in [0, 0.1) is 10.1 Å². The summed E-state index contributed by atoms with van der Waals surface area (Å²) in [5.41, 5.74) is 0. The van der Waals surface area contributed by atoms with Crippen LogP contribution in [0.15, 0.2) is 10.5 Å². The second-order valence-electron chi connectivity index (χ2n) is 3.95. The smallest absolute Gasteiger partial charge is 0.300 e. The highest BCUT2D eigenvalue weighted by Crippen LogP contribution is 2.41. The molecule has 0 aromatic carbocycles. The summed E-state index contributed by atoms with van der Waals surface area (Å²) in [6, 6.07) is 1.61. The summed E-state index contributed by atoms with van der Waals surface area (Å²) in [5.74, 6) is 0. The van der Waals surface area contributed by atoms with Crippen LogP contribution < -0.4 is 10.2 Å². The molecule has 0 saturated carbocycles. The quantitative estimate of drug-likeness (QED) is 0.235. The number of nitrogens with one attached hydrogen (secondary N) is 2. The van der Waals surface area contributed by atoms with Crippen molar-refractivity contribution >= 4 is 55.9 Å². The SMILES string of the molecule is CCCNP(=O)(NCCBr)OCc1cc(Br)c([N+](=O)[O-])s1. The van der Waals surface area contributed by atoms with E-state index in [9.17, 15) is 14.7 Å². The number of nitro groups is 1. The van der Waals surface area contributed by atoms with E-state index < -0.39 is 12.6 Å².